The van der Waals surface area contributed by atoms with Crippen molar-refractivity contribution in [1.82, 2.24) is 20.0 Å². The van der Waals surface area contributed by atoms with Gasteiger partial charge in [-0.3, -0.25) is 15.0 Å². The SMILES string of the molecule is CC(C)(O)CNc1c([N+](=O)[O-])c2nnnn2c2ccccc12.[N-]=[N+]=[N-].[Na+]. The molecule has 26 heavy (non-hydrogen) atoms. The first kappa shape index (κ1) is 21.5. The van der Waals surface area contributed by atoms with Gasteiger partial charge in [-0.25, -0.2) is 0 Å². The van der Waals surface area contributed by atoms with Crippen molar-refractivity contribution in [3.8, 4) is 0 Å². The Morgan fingerprint density at radius 3 is 2.58 bits per heavy atom. The maximum Gasteiger partial charge on any atom is 1.00 e. The molecule has 2 N–H and O–H groups in total. The molecule has 13 heteroatoms. The van der Waals surface area contributed by atoms with Crippen molar-refractivity contribution in [3.63, 3.8) is 0 Å². The van der Waals surface area contributed by atoms with Crippen LogP contribution in [0.4, 0.5) is 11.4 Å². The third kappa shape index (κ3) is 4.56. The Morgan fingerprint density at radius 2 is 2.00 bits per heavy atom. The van der Waals surface area contributed by atoms with Gasteiger partial charge in [0.2, 0.25) is 0 Å². The maximum absolute atomic E-state index is 11.5. The first-order valence-corrected chi connectivity index (χ1v) is 7.02. The number of benzene rings is 1. The van der Waals surface area contributed by atoms with Gasteiger partial charge in [0.15, 0.2) is 0 Å². The molecule has 12 nitrogen and oxygen atoms in total. The Hall–Kier alpha value is -2.50. The Labute approximate surface area is 169 Å². The van der Waals surface area contributed by atoms with Gasteiger partial charge >= 0.3 is 35.2 Å². The van der Waals surface area contributed by atoms with Gasteiger partial charge in [0, 0.05) is 11.9 Å². The summed E-state index contributed by atoms with van der Waals surface area (Å²) in [6.07, 6.45) is 0. The molecular formula is C13H14N9NaO3. The van der Waals surface area contributed by atoms with Crippen molar-refractivity contribution in [1.29, 1.82) is 0 Å². The van der Waals surface area contributed by atoms with Crippen molar-refractivity contribution >= 4 is 27.9 Å². The molecule has 0 saturated heterocycles. The van der Waals surface area contributed by atoms with Crippen molar-refractivity contribution in [2.75, 3.05) is 11.9 Å². The fourth-order valence-electron chi connectivity index (χ4n) is 2.26. The zero-order chi connectivity index (χ0) is 18.6. The number of nitro groups is 1. The number of nitrogens with zero attached hydrogens (tertiary/aromatic N) is 8. The smallest absolute Gasteiger partial charge is 0.389 e. The number of aliphatic hydroxyl groups is 1. The summed E-state index contributed by atoms with van der Waals surface area (Å²) in [6, 6.07) is 7.10. The van der Waals surface area contributed by atoms with Crippen LogP contribution in [-0.2, 0) is 0 Å². The number of hydrogen-bond donors (Lipinski definition) is 2. The van der Waals surface area contributed by atoms with Crippen molar-refractivity contribution in [2.24, 2.45) is 0 Å². The molecule has 0 aliphatic heterocycles. The van der Waals surface area contributed by atoms with Gasteiger partial charge < -0.3 is 21.5 Å². The van der Waals surface area contributed by atoms with Gasteiger partial charge in [0.25, 0.3) is 5.65 Å². The Kier molecular flexibility index (Phi) is 7.24. The maximum atomic E-state index is 11.5. The summed E-state index contributed by atoms with van der Waals surface area (Å²) in [5.74, 6) is 0. The number of anilines is 1. The van der Waals surface area contributed by atoms with Crippen LogP contribution in [0, 0.1) is 10.1 Å². The van der Waals surface area contributed by atoms with Crippen molar-refractivity contribution in [3.05, 3.63) is 50.4 Å². The minimum atomic E-state index is -1.02. The zero-order valence-electron chi connectivity index (χ0n) is 14.4. The molecule has 2 aromatic heterocycles. The second-order valence-corrected chi connectivity index (χ2v) is 5.67. The molecule has 3 aromatic rings. The third-order valence-corrected chi connectivity index (χ3v) is 3.20. The van der Waals surface area contributed by atoms with Gasteiger partial charge in [0.1, 0.15) is 5.69 Å². The Bertz CT molecular complexity index is 961. The summed E-state index contributed by atoms with van der Waals surface area (Å²) >= 11 is 0. The molecule has 130 valence electrons. The molecule has 0 radical (unpaired) electrons. The number of rotatable bonds is 4. The molecule has 0 saturated carbocycles. The summed E-state index contributed by atoms with van der Waals surface area (Å²) in [4.78, 5) is 12.5. The number of aromatic nitrogens is 4. The van der Waals surface area contributed by atoms with Crippen LogP contribution in [0.25, 0.3) is 32.5 Å². The number of hydrogen-bond acceptors (Lipinski definition) is 7. The molecule has 0 unspecified atom stereocenters. The van der Waals surface area contributed by atoms with Crippen LogP contribution in [0.1, 0.15) is 13.8 Å². The molecule has 0 spiro atoms. The molecule has 2 heterocycles. The molecule has 0 aliphatic carbocycles. The van der Waals surface area contributed by atoms with E-state index >= 15 is 0 Å². The molecule has 1 aromatic carbocycles. The average Bonchev–Trinajstić information content (AvgIpc) is 3.01. The zero-order valence-corrected chi connectivity index (χ0v) is 16.4. The van der Waals surface area contributed by atoms with E-state index in [1.165, 1.54) is 9.43 Å². The second kappa shape index (κ2) is 8.74. The molecular weight excluding hydrogens is 353 g/mol. The number of pyridine rings is 1. The number of nitrogens with one attached hydrogen (secondary N) is 1. The van der Waals surface area contributed by atoms with Crippen LogP contribution < -0.4 is 34.9 Å². The molecule has 3 rings (SSSR count). The summed E-state index contributed by atoms with van der Waals surface area (Å²) in [5.41, 5.74) is 13.3. The molecule has 0 atom stereocenters. The standard InChI is InChI=1S/C13H14N6O3.N3.Na/c1-13(2,20)7-14-10-8-5-3-4-6-9(8)18-12(15-16-17-18)11(10)19(21)22;1-3-2;/h3-6,14,20H,7H2,1-2H3;;/q;-1;+1. The first-order valence-electron chi connectivity index (χ1n) is 7.02. The quantitative estimate of drug-likeness (QED) is 0.152. The number of para-hydroxylation sites is 1. The summed E-state index contributed by atoms with van der Waals surface area (Å²) in [5, 5.41) is 36.0. The molecule has 0 aliphatic rings. The van der Waals surface area contributed by atoms with Gasteiger partial charge in [0.05, 0.1) is 16.0 Å². The van der Waals surface area contributed by atoms with E-state index in [2.05, 4.69) is 20.8 Å². The van der Waals surface area contributed by atoms with E-state index in [0.29, 0.717) is 16.6 Å². The van der Waals surface area contributed by atoms with Gasteiger partial charge in [-0.05, 0) is 30.3 Å². The van der Waals surface area contributed by atoms with Crippen LogP contribution >= 0.6 is 0 Å². The minimum Gasteiger partial charge on any atom is -0.389 e. The van der Waals surface area contributed by atoms with Crippen LogP contribution in [0.5, 0.6) is 0 Å². The van der Waals surface area contributed by atoms with Crippen molar-refractivity contribution in [2.45, 2.75) is 19.4 Å². The number of fused-ring (bicyclic) bond motifs is 3. The fraction of sp³-hybridized carbons (Fsp3) is 0.308. The van der Waals surface area contributed by atoms with Crippen LogP contribution in [0.15, 0.2) is 24.3 Å². The van der Waals surface area contributed by atoms with Crippen LogP contribution in [0.3, 0.4) is 0 Å². The monoisotopic (exact) mass is 367 g/mol. The minimum absolute atomic E-state index is 0. The topological polar surface area (TPSA) is 177 Å². The van der Waals surface area contributed by atoms with Gasteiger partial charge in [-0.15, -0.1) is 5.10 Å². The second-order valence-electron chi connectivity index (χ2n) is 5.67. The van der Waals surface area contributed by atoms with Crippen LogP contribution in [0.2, 0.25) is 0 Å². The summed E-state index contributed by atoms with van der Waals surface area (Å²) in [7, 11) is 0. The van der Waals surface area contributed by atoms with Crippen LogP contribution in [-0.4, -0.2) is 42.2 Å². The predicted octanol–water partition coefficient (Wildman–Crippen LogP) is -0.761. The van der Waals surface area contributed by atoms with E-state index in [4.69, 9.17) is 11.1 Å². The molecule has 0 amide bonds. The number of tetrazole rings is 1. The fourth-order valence-corrected chi connectivity index (χ4v) is 2.26. The van der Waals surface area contributed by atoms with E-state index in [1.807, 2.05) is 0 Å². The van der Waals surface area contributed by atoms with E-state index in [9.17, 15) is 15.2 Å². The predicted molar refractivity (Wildman–Crippen MR) is 89.8 cm³/mol. The first-order chi connectivity index (χ1) is 11.8. The normalized spacial score (nSPS) is 10.4. The average molecular weight is 367 g/mol. The van der Waals surface area contributed by atoms with E-state index < -0.39 is 10.5 Å². The van der Waals surface area contributed by atoms with E-state index in [0.717, 1.165) is 0 Å². The summed E-state index contributed by atoms with van der Waals surface area (Å²) < 4.78 is 1.34. The van der Waals surface area contributed by atoms with E-state index in [1.54, 1.807) is 38.1 Å². The van der Waals surface area contributed by atoms with Gasteiger partial charge in [-0.2, -0.15) is 4.52 Å². The third-order valence-electron chi connectivity index (χ3n) is 3.20. The Morgan fingerprint density at radius 1 is 1.38 bits per heavy atom. The summed E-state index contributed by atoms with van der Waals surface area (Å²) in [6.45, 7) is 3.38. The molecule has 0 bridgehead atoms. The molecule has 0 fully saturated rings. The Balaban J connectivity index is 0.000000791. The van der Waals surface area contributed by atoms with E-state index in [-0.39, 0.29) is 47.4 Å². The largest absolute Gasteiger partial charge is 1.00 e. The van der Waals surface area contributed by atoms with Gasteiger partial charge in [-0.1, -0.05) is 18.2 Å². The van der Waals surface area contributed by atoms with Crippen molar-refractivity contribution < 1.29 is 39.6 Å².